The fraction of sp³-hybridized carbons (Fsp3) is 0.750. The quantitative estimate of drug-likeness (QED) is 0.249. The Morgan fingerprint density at radius 1 is 1.55 bits per heavy atom. The van der Waals surface area contributed by atoms with Gasteiger partial charge in [0.05, 0.1) is 24.5 Å². The molecule has 2 amide bonds. The minimum Gasteiger partial charge on any atom is -0.312 e. The van der Waals surface area contributed by atoms with Crippen molar-refractivity contribution in [1.82, 2.24) is 9.21 Å². The topological polar surface area (TPSA) is 85.6 Å². The van der Waals surface area contributed by atoms with Gasteiger partial charge in [0.2, 0.25) is 11.8 Å². The molecule has 1 rings (SSSR count). The van der Waals surface area contributed by atoms with Crippen LogP contribution >= 0.6 is 12.2 Å². The summed E-state index contributed by atoms with van der Waals surface area (Å²) in [5, 5.41) is 0. The second-order valence-corrected chi connectivity index (χ2v) is 5.46. The zero-order valence-corrected chi connectivity index (χ0v) is 12.8. The van der Waals surface area contributed by atoms with Gasteiger partial charge in [-0.15, -0.1) is 0 Å². The Labute approximate surface area is 123 Å². The van der Waals surface area contributed by atoms with E-state index in [1.165, 1.54) is 0 Å². The number of rotatable bonds is 7. The highest BCUT2D eigenvalue weighted by Crippen LogP contribution is 2.28. The van der Waals surface area contributed by atoms with Crippen LogP contribution in [0.15, 0.2) is 9.98 Å². The smallest absolute Gasteiger partial charge is 0.246 e. The molecule has 1 aliphatic heterocycles. The minimum atomic E-state index is -0.536. The van der Waals surface area contributed by atoms with Gasteiger partial charge in [0.1, 0.15) is 12.2 Å². The molecule has 0 aromatic heterocycles. The summed E-state index contributed by atoms with van der Waals surface area (Å²) in [5.41, 5.74) is 0. The van der Waals surface area contributed by atoms with Crippen molar-refractivity contribution in [3.8, 4) is 0 Å². The summed E-state index contributed by atoms with van der Waals surface area (Å²) < 4.78 is 9.63. The van der Waals surface area contributed by atoms with Crippen molar-refractivity contribution >= 4 is 30.1 Å². The molecular weight excluding hydrogens is 280 g/mol. The molecule has 0 spiro atoms. The van der Waals surface area contributed by atoms with Gasteiger partial charge in [0.15, 0.2) is 0 Å². The third-order valence-electron chi connectivity index (χ3n) is 3.01. The third-order valence-corrected chi connectivity index (χ3v) is 3.56. The maximum atomic E-state index is 11.8. The lowest BCUT2D eigenvalue weighted by Crippen LogP contribution is -2.27. The molecule has 2 unspecified atom stereocenters. The van der Waals surface area contributed by atoms with E-state index in [0.717, 1.165) is 17.3 Å². The van der Waals surface area contributed by atoms with Crippen molar-refractivity contribution in [1.29, 1.82) is 0 Å². The molecule has 0 radical (unpaired) electrons. The van der Waals surface area contributed by atoms with E-state index < -0.39 is 17.7 Å². The van der Waals surface area contributed by atoms with Crippen molar-refractivity contribution in [2.75, 3.05) is 27.2 Å². The maximum Gasteiger partial charge on any atom is 0.246 e. The van der Waals surface area contributed by atoms with Crippen molar-refractivity contribution < 1.29 is 14.1 Å². The highest BCUT2D eigenvalue weighted by molar-refractivity contribution is 7.92. The van der Waals surface area contributed by atoms with Crippen LogP contribution in [0.5, 0.6) is 0 Å². The summed E-state index contributed by atoms with van der Waals surface area (Å²) >= 11 is 0.151. The minimum absolute atomic E-state index is 0.0688. The van der Waals surface area contributed by atoms with Gasteiger partial charge in [-0.2, -0.15) is 4.31 Å². The van der Waals surface area contributed by atoms with Gasteiger partial charge in [-0.3, -0.25) is 9.59 Å². The van der Waals surface area contributed by atoms with Crippen molar-refractivity contribution in [3.05, 3.63) is 0 Å². The molecule has 0 aliphatic carbocycles. The Kier molecular flexibility index (Phi) is 6.87. The van der Waals surface area contributed by atoms with E-state index in [0.29, 0.717) is 6.54 Å². The number of aliphatic imine (C=N–C) groups is 2. The highest BCUT2D eigenvalue weighted by atomic mass is 32.2. The molecule has 1 aliphatic rings. The van der Waals surface area contributed by atoms with Crippen LogP contribution in [0, 0.1) is 5.92 Å². The Balaban J connectivity index is 2.46. The van der Waals surface area contributed by atoms with Gasteiger partial charge < -0.3 is 9.45 Å². The van der Waals surface area contributed by atoms with Crippen molar-refractivity contribution in [2.45, 2.75) is 25.8 Å². The number of hydrogen-bond donors (Lipinski definition) is 1. The summed E-state index contributed by atoms with van der Waals surface area (Å²) in [6, 6.07) is 2.21. The first-order valence-electron chi connectivity index (χ1n) is 6.41. The Morgan fingerprint density at radius 3 is 2.80 bits per heavy atom. The van der Waals surface area contributed by atoms with Gasteiger partial charge >= 0.3 is 0 Å². The normalized spacial score (nSPS) is 20.2. The molecule has 112 valence electrons. The Hall–Kier alpha value is -1.21. The van der Waals surface area contributed by atoms with Crippen LogP contribution in [0.3, 0.4) is 0 Å². The van der Waals surface area contributed by atoms with E-state index in [1.54, 1.807) is 6.92 Å². The van der Waals surface area contributed by atoms with Crippen LogP contribution in [0.2, 0.25) is 0 Å². The van der Waals surface area contributed by atoms with Crippen LogP contribution < -0.4 is 0 Å². The lowest BCUT2D eigenvalue weighted by atomic mass is 10.0. The van der Waals surface area contributed by atoms with Gasteiger partial charge in [0.25, 0.3) is 0 Å². The van der Waals surface area contributed by atoms with Crippen LogP contribution in [-0.2, 0) is 9.59 Å². The molecule has 0 aromatic carbocycles. The first-order chi connectivity index (χ1) is 9.47. The van der Waals surface area contributed by atoms with Gasteiger partial charge in [-0.1, -0.05) is 0 Å². The monoisotopic (exact) mass is 300 g/mol. The number of imide groups is 1. The van der Waals surface area contributed by atoms with Crippen molar-refractivity contribution in [2.24, 2.45) is 15.9 Å². The second-order valence-electron chi connectivity index (χ2n) is 4.93. The van der Waals surface area contributed by atoms with Crippen LogP contribution in [0.1, 0.15) is 19.8 Å². The first-order valence-corrected chi connectivity index (χ1v) is 7.14. The molecule has 2 atom stereocenters. The standard InChI is InChI=1S/C12H20N4O3S/c1-9(14-8-13-5-4-6-15(2)3)10-7-11(17)16(20-19)12(10)18/h9-10,19H,4-7H2,1-3H3. The summed E-state index contributed by atoms with van der Waals surface area (Å²) in [4.78, 5) is 33.4. The van der Waals surface area contributed by atoms with Crippen molar-refractivity contribution in [3.63, 3.8) is 0 Å². The molecule has 0 saturated carbocycles. The van der Waals surface area contributed by atoms with Crippen LogP contribution in [0.25, 0.3) is 0 Å². The molecule has 1 N–H and O–H groups in total. The van der Waals surface area contributed by atoms with E-state index in [2.05, 4.69) is 20.9 Å². The van der Waals surface area contributed by atoms with E-state index in [9.17, 15) is 9.59 Å². The predicted molar refractivity (Wildman–Crippen MR) is 77.5 cm³/mol. The van der Waals surface area contributed by atoms with E-state index in [-0.39, 0.29) is 24.7 Å². The fourth-order valence-corrected chi connectivity index (χ4v) is 2.21. The SMILES string of the molecule is CC(N=C=NCCCN(C)C)C1CC(=O)N(SO)C1=O. The second kappa shape index (κ2) is 8.16. The summed E-state index contributed by atoms with van der Waals surface area (Å²) in [7, 11) is 3.99. The number of amides is 2. The molecular formula is C12H20N4O3S. The highest BCUT2D eigenvalue weighted by Gasteiger charge is 2.42. The summed E-state index contributed by atoms with van der Waals surface area (Å²) in [6.45, 7) is 3.31. The lowest BCUT2D eigenvalue weighted by Gasteiger charge is -2.11. The van der Waals surface area contributed by atoms with Crippen LogP contribution in [-0.4, -0.2) is 64.8 Å². The lowest BCUT2D eigenvalue weighted by molar-refractivity contribution is -0.133. The first kappa shape index (κ1) is 16.8. The molecule has 0 aromatic rings. The average Bonchev–Trinajstić information content (AvgIpc) is 2.68. The summed E-state index contributed by atoms with van der Waals surface area (Å²) in [6.07, 6.45) is 0.985. The molecule has 8 heteroatoms. The molecule has 20 heavy (non-hydrogen) atoms. The van der Waals surface area contributed by atoms with E-state index >= 15 is 0 Å². The molecule has 1 saturated heterocycles. The molecule has 0 bridgehead atoms. The Morgan fingerprint density at radius 2 is 2.25 bits per heavy atom. The van der Waals surface area contributed by atoms with Crippen LogP contribution in [0.4, 0.5) is 0 Å². The fourth-order valence-electron chi connectivity index (χ4n) is 1.83. The maximum absolute atomic E-state index is 11.8. The summed E-state index contributed by atoms with van der Waals surface area (Å²) in [5.74, 6) is -1.34. The zero-order valence-electron chi connectivity index (χ0n) is 11.9. The van der Waals surface area contributed by atoms with E-state index in [4.69, 9.17) is 4.55 Å². The zero-order chi connectivity index (χ0) is 15.1. The van der Waals surface area contributed by atoms with E-state index in [1.807, 2.05) is 14.1 Å². The predicted octanol–water partition coefficient (Wildman–Crippen LogP) is 0.997. The van der Waals surface area contributed by atoms with Gasteiger partial charge in [0, 0.05) is 6.42 Å². The number of nitrogens with zero attached hydrogens (tertiary/aromatic N) is 4. The average molecular weight is 300 g/mol. The van der Waals surface area contributed by atoms with Gasteiger partial charge in [-0.25, -0.2) is 9.98 Å². The molecule has 7 nitrogen and oxygen atoms in total. The van der Waals surface area contributed by atoms with Gasteiger partial charge in [-0.05, 0) is 34.0 Å². The largest absolute Gasteiger partial charge is 0.312 e. The third kappa shape index (κ3) is 4.72. The Bertz CT molecular complexity index is 421. The number of carbonyl (C=O) groups is 2. The molecule has 1 fully saturated rings. The molecule has 1 heterocycles. The number of hydrogen-bond acceptors (Lipinski definition) is 7. The number of carbonyl (C=O) groups excluding carboxylic acids is 2.